The van der Waals surface area contributed by atoms with Crippen LogP contribution in [0.3, 0.4) is 0 Å². The Bertz CT molecular complexity index is 1030. The Labute approximate surface area is 180 Å². The molecule has 0 spiro atoms. The summed E-state index contributed by atoms with van der Waals surface area (Å²) < 4.78 is 6.76. The quantitative estimate of drug-likeness (QED) is 0.461. The van der Waals surface area contributed by atoms with Crippen LogP contribution in [0.25, 0.3) is 6.08 Å². The second-order valence-corrected chi connectivity index (χ2v) is 7.77. The number of benzene rings is 2. The maximum Gasteiger partial charge on any atom is 0.309 e. The molecule has 0 bridgehead atoms. The number of aliphatic carboxylic acids is 1. The van der Waals surface area contributed by atoms with E-state index in [1.165, 1.54) is 17.4 Å². The highest BCUT2D eigenvalue weighted by Crippen LogP contribution is 2.25. The van der Waals surface area contributed by atoms with E-state index in [0.29, 0.717) is 23.2 Å². The minimum absolute atomic E-state index is 0.178. The van der Waals surface area contributed by atoms with E-state index in [4.69, 9.17) is 9.84 Å². The van der Waals surface area contributed by atoms with Gasteiger partial charge in [-0.15, -0.1) is 11.3 Å². The van der Waals surface area contributed by atoms with Gasteiger partial charge in [-0.25, -0.2) is 4.98 Å². The lowest BCUT2D eigenvalue weighted by atomic mass is 10.2. The number of nitrogens with zero attached hydrogens (tertiary/aromatic N) is 1. The Kier molecular flexibility index (Phi) is 7.15. The fourth-order valence-corrected chi connectivity index (χ4v) is 3.52. The lowest BCUT2D eigenvalue weighted by Gasteiger charge is -2.10. The Morgan fingerprint density at radius 1 is 1.21 bits per heavy atom. The minimum Gasteiger partial charge on any atom is -0.488 e. The van der Waals surface area contributed by atoms with Crippen molar-refractivity contribution in [3.8, 4) is 5.75 Å². The van der Waals surface area contributed by atoms with E-state index in [-0.39, 0.29) is 12.3 Å². The van der Waals surface area contributed by atoms with E-state index in [0.717, 1.165) is 15.6 Å². The van der Waals surface area contributed by atoms with Gasteiger partial charge in [0.1, 0.15) is 12.4 Å². The number of rotatable bonds is 8. The number of anilines is 1. The third kappa shape index (κ3) is 6.55. The molecule has 148 valence electrons. The third-order valence-corrected chi connectivity index (χ3v) is 5.04. The first-order valence-corrected chi connectivity index (χ1v) is 10.3. The van der Waals surface area contributed by atoms with Crippen molar-refractivity contribution in [3.63, 3.8) is 0 Å². The van der Waals surface area contributed by atoms with Gasteiger partial charge >= 0.3 is 5.97 Å². The zero-order chi connectivity index (χ0) is 20.6. The molecule has 0 fully saturated rings. The predicted octanol–water partition coefficient (Wildman–Crippen LogP) is 4.76. The minimum atomic E-state index is -0.967. The highest BCUT2D eigenvalue weighted by molar-refractivity contribution is 9.10. The maximum atomic E-state index is 12.2. The monoisotopic (exact) mass is 472 g/mol. The van der Waals surface area contributed by atoms with Gasteiger partial charge in [-0.2, -0.15) is 0 Å². The number of carbonyl (C=O) groups excluding carboxylic acids is 1. The van der Waals surface area contributed by atoms with Crippen LogP contribution in [0, 0.1) is 0 Å². The van der Waals surface area contributed by atoms with E-state index >= 15 is 0 Å². The molecule has 0 radical (unpaired) electrons. The molecular weight excluding hydrogens is 456 g/mol. The summed E-state index contributed by atoms with van der Waals surface area (Å²) in [5.41, 5.74) is 2.20. The van der Waals surface area contributed by atoms with Crippen LogP contribution < -0.4 is 10.1 Å². The fourth-order valence-electron chi connectivity index (χ4n) is 2.43. The van der Waals surface area contributed by atoms with Gasteiger partial charge in [0.05, 0.1) is 12.1 Å². The molecule has 0 aliphatic heterocycles. The van der Waals surface area contributed by atoms with Gasteiger partial charge in [-0.3, -0.25) is 14.9 Å². The first-order valence-electron chi connectivity index (χ1n) is 8.61. The zero-order valence-corrected chi connectivity index (χ0v) is 17.6. The molecule has 1 aromatic heterocycles. The molecule has 6 nitrogen and oxygen atoms in total. The van der Waals surface area contributed by atoms with E-state index in [1.54, 1.807) is 11.5 Å². The van der Waals surface area contributed by atoms with Gasteiger partial charge < -0.3 is 9.84 Å². The van der Waals surface area contributed by atoms with E-state index in [1.807, 2.05) is 48.5 Å². The molecule has 2 N–H and O–H groups in total. The lowest BCUT2D eigenvalue weighted by molar-refractivity contribution is -0.136. The maximum absolute atomic E-state index is 12.2. The summed E-state index contributed by atoms with van der Waals surface area (Å²) in [6, 6.07) is 15.4. The highest BCUT2D eigenvalue weighted by Gasteiger charge is 2.08. The Morgan fingerprint density at radius 3 is 2.76 bits per heavy atom. The van der Waals surface area contributed by atoms with Crippen LogP contribution in [0.5, 0.6) is 5.75 Å². The molecule has 3 rings (SSSR count). The topological polar surface area (TPSA) is 88.5 Å². The summed E-state index contributed by atoms with van der Waals surface area (Å²) in [4.78, 5) is 27.0. The van der Waals surface area contributed by atoms with Gasteiger partial charge in [-0.05, 0) is 29.8 Å². The van der Waals surface area contributed by atoms with Crippen LogP contribution in [0.4, 0.5) is 5.13 Å². The molecule has 29 heavy (non-hydrogen) atoms. The van der Waals surface area contributed by atoms with Crippen molar-refractivity contribution in [1.29, 1.82) is 0 Å². The predicted molar refractivity (Wildman–Crippen MR) is 116 cm³/mol. The second-order valence-electron chi connectivity index (χ2n) is 5.99. The molecule has 0 unspecified atom stereocenters. The van der Waals surface area contributed by atoms with Crippen LogP contribution in [-0.2, 0) is 22.6 Å². The molecule has 8 heteroatoms. The Morgan fingerprint density at radius 2 is 2.00 bits per heavy atom. The van der Waals surface area contributed by atoms with Crippen LogP contribution in [0.2, 0.25) is 0 Å². The smallest absolute Gasteiger partial charge is 0.309 e. The Balaban J connectivity index is 1.65. The van der Waals surface area contributed by atoms with Crippen molar-refractivity contribution in [2.45, 2.75) is 13.0 Å². The second kappa shape index (κ2) is 9.99. The molecule has 2 aromatic carbocycles. The first kappa shape index (κ1) is 20.8. The van der Waals surface area contributed by atoms with Crippen LogP contribution in [0.1, 0.15) is 16.8 Å². The van der Waals surface area contributed by atoms with E-state index in [9.17, 15) is 9.59 Å². The molecule has 0 aliphatic carbocycles. The van der Waals surface area contributed by atoms with Gasteiger partial charge in [-0.1, -0.05) is 46.3 Å². The van der Waals surface area contributed by atoms with Crippen LogP contribution in [0.15, 0.2) is 64.5 Å². The third-order valence-electron chi connectivity index (χ3n) is 3.74. The molecule has 0 aliphatic rings. The number of nitrogens with one attached hydrogen (secondary N) is 1. The average molecular weight is 473 g/mol. The number of carboxylic acids is 1. The number of aromatic nitrogens is 1. The zero-order valence-electron chi connectivity index (χ0n) is 15.2. The van der Waals surface area contributed by atoms with Crippen molar-refractivity contribution in [2.24, 2.45) is 0 Å². The Hall–Kier alpha value is -2.97. The van der Waals surface area contributed by atoms with E-state index < -0.39 is 5.97 Å². The van der Waals surface area contributed by atoms with Gasteiger partial charge in [0.15, 0.2) is 5.13 Å². The van der Waals surface area contributed by atoms with Crippen molar-refractivity contribution < 1.29 is 19.4 Å². The molecule has 0 saturated heterocycles. The molecule has 3 aromatic rings. The largest absolute Gasteiger partial charge is 0.488 e. The molecule has 1 amide bonds. The number of carbonyl (C=O) groups is 2. The average Bonchev–Trinajstić information content (AvgIpc) is 3.12. The number of hydrogen-bond donors (Lipinski definition) is 2. The van der Waals surface area contributed by atoms with Gasteiger partial charge in [0.2, 0.25) is 5.91 Å². The molecule has 0 atom stereocenters. The number of hydrogen-bond acceptors (Lipinski definition) is 5. The van der Waals surface area contributed by atoms with Gasteiger partial charge in [0, 0.05) is 21.5 Å². The number of amides is 1. The standard InChI is InChI=1S/C21H17BrN2O4S/c22-16-7-8-18(28-12-14-4-2-1-3-5-14)15(10-16)6-9-19(25)24-21-23-17(13-29-21)11-20(26)27/h1-10,13H,11-12H2,(H,26,27)(H,23,24,25)/b9-6+. The highest BCUT2D eigenvalue weighted by atomic mass is 79.9. The van der Waals surface area contributed by atoms with E-state index in [2.05, 4.69) is 26.2 Å². The summed E-state index contributed by atoms with van der Waals surface area (Å²) in [5, 5.41) is 13.4. The molecule has 1 heterocycles. The van der Waals surface area contributed by atoms with Gasteiger partial charge in [0.25, 0.3) is 0 Å². The summed E-state index contributed by atoms with van der Waals surface area (Å²) in [6.07, 6.45) is 2.87. The number of thiazole rings is 1. The number of halogens is 1. The van der Waals surface area contributed by atoms with Crippen LogP contribution in [-0.4, -0.2) is 22.0 Å². The van der Waals surface area contributed by atoms with Crippen molar-refractivity contribution in [2.75, 3.05) is 5.32 Å². The number of ether oxygens (including phenoxy) is 1. The van der Waals surface area contributed by atoms with Crippen molar-refractivity contribution >= 4 is 50.4 Å². The number of carboxylic acid groups (broad SMARTS) is 1. The summed E-state index contributed by atoms with van der Waals surface area (Å²) in [6.45, 7) is 0.418. The van der Waals surface area contributed by atoms with Crippen molar-refractivity contribution in [3.05, 3.63) is 81.3 Å². The first-order chi connectivity index (χ1) is 14.0. The summed E-state index contributed by atoms with van der Waals surface area (Å²) >= 11 is 4.61. The fraction of sp³-hybridized carbons (Fsp3) is 0.0952. The van der Waals surface area contributed by atoms with Crippen molar-refractivity contribution in [1.82, 2.24) is 4.98 Å². The normalized spacial score (nSPS) is 10.8. The lowest BCUT2D eigenvalue weighted by Crippen LogP contribution is -2.08. The molecule has 0 saturated carbocycles. The van der Waals surface area contributed by atoms with Crippen LogP contribution >= 0.6 is 27.3 Å². The summed E-state index contributed by atoms with van der Waals surface area (Å²) in [7, 11) is 0. The summed E-state index contributed by atoms with van der Waals surface area (Å²) in [5.74, 6) is -0.680. The molecular formula is C21H17BrN2O4S. The SMILES string of the molecule is O=C(O)Cc1csc(NC(=O)/C=C/c2cc(Br)ccc2OCc2ccccc2)n1.